The van der Waals surface area contributed by atoms with Crippen molar-refractivity contribution in [2.45, 2.75) is 33.9 Å². The lowest BCUT2D eigenvalue weighted by molar-refractivity contribution is -0.388. The van der Waals surface area contributed by atoms with E-state index in [1.807, 2.05) is 0 Å². The molecule has 1 fully saturated rings. The second-order valence-electron chi connectivity index (χ2n) is 5.88. The molecule has 0 spiro atoms. The van der Waals surface area contributed by atoms with Crippen molar-refractivity contribution in [1.29, 1.82) is 0 Å². The quantitative estimate of drug-likeness (QED) is 0.530. The van der Waals surface area contributed by atoms with E-state index >= 15 is 0 Å². The van der Waals surface area contributed by atoms with Crippen LogP contribution in [0.4, 0.5) is 5.69 Å². The summed E-state index contributed by atoms with van der Waals surface area (Å²) in [6, 6.07) is 11.1. The van der Waals surface area contributed by atoms with Crippen molar-refractivity contribution in [1.82, 2.24) is 4.31 Å². The van der Waals surface area contributed by atoms with E-state index in [9.17, 15) is 18.5 Å². The molecule has 1 aliphatic heterocycles. The molecular formula is C17H17ClN2O4S2. The number of benzene rings is 2. The average molecular weight is 413 g/mol. The first kappa shape index (κ1) is 19.2. The first-order chi connectivity index (χ1) is 12.4. The molecule has 0 aromatic heterocycles. The lowest BCUT2D eigenvalue weighted by Gasteiger charge is -2.25. The van der Waals surface area contributed by atoms with Gasteiger partial charge in [0, 0.05) is 24.1 Å². The van der Waals surface area contributed by atoms with Crippen LogP contribution in [-0.2, 0) is 10.0 Å². The Balaban J connectivity index is 1.97. The first-order valence-electron chi connectivity index (χ1n) is 8.10. The number of hydrogen-bond acceptors (Lipinski definition) is 5. The summed E-state index contributed by atoms with van der Waals surface area (Å²) in [5.74, 6) is 0. The highest BCUT2D eigenvalue weighted by Crippen LogP contribution is 2.39. The number of nitrogens with zero attached hydrogens (tertiary/aromatic N) is 2. The van der Waals surface area contributed by atoms with E-state index in [2.05, 4.69) is 0 Å². The summed E-state index contributed by atoms with van der Waals surface area (Å²) in [6.07, 6.45) is 2.61. The number of hydrogen-bond donors (Lipinski definition) is 0. The van der Waals surface area contributed by atoms with E-state index in [1.165, 1.54) is 16.4 Å². The van der Waals surface area contributed by atoms with E-state index in [4.69, 9.17) is 11.6 Å². The van der Waals surface area contributed by atoms with E-state index in [0.717, 1.165) is 37.1 Å². The molecule has 0 N–H and O–H groups in total. The van der Waals surface area contributed by atoms with Gasteiger partial charge in [-0.3, -0.25) is 10.1 Å². The predicted molar refractivity (Wildman–Crippen MR) is 101 cm³/mol. The number of nitro groups is 1. The van der Waals surface area contributed by atoms with Crippen molar-refractivity contribution in [3.05, 3.63) is 57.6 Å². The second kappa shape index (κ2) is 7.96. The fraction of sp³-hybridized carbons (Fsp3) is 0.294. The first-order valence-corrected chi connectivity index (χ1v) is 10.7. The minimum atomic E-state index is -3.72. The summed E-state index contributed by atoms with van der Waals surface area (Å²) in [7, 11) is -3.72. The predicted octanol–water partition coefficient (Wildman–Crippen LogP) is 4.57. The third-order valence-corrected chi connectivity index (χ3v) is 7.61. The van der Waals surface area contributed by atoms with Gasteiger partial charge in [-0.15, -0.1) is 0 Å². The molecule has 0 atom stereocenters. The van der Waals surface area contributed by atoms with Gasteiger partial charge in [0.1, 0.15) is 0 Å². The minimum absolute atomic E-state index is 0.0467. The van der Waals surface area contributed by atoms with Crippen molar-refractivity contribution >= 4 is 39.1 Å². The van der Waals surface area contributed by atoms with Gasteiger partial charge in [0.15, 0.2) is 0 Å². The second-order valence-corrected chi connectivity index (χ2v) is 9.31. The molecule has 6 nitrogen and oxygen atoms in total. The Morgan fingerprint density at radius 2 is 1.73 bits per heavy atom. The van der Waals surface area contributed by atoms with Crippen LogP contribution in [0.3, 0.4) is 0 Å². The molecule has 9 heteroatoms. The maximum absolute atomic E-state index is 12.8. The summed E-state index contributed by atoms with van der Waals surface area (Å²) in [6.45, 7) is 0.901. The zero-order valence-electron chi connectivity index (χ0n) is 13.8. The van der Waals surface area contributed by atoms with Crippen LogP contribution in [0, 0.1) is 10.1 Å². The molecule has 2 aromatic rings. The summed E-state index contributed by atoms with van der Waals surface area (Å²) in [4.78, 5) is 11.9. The number of rotatable bonds is 5. The van der Waals surface area contributed by atoms with Crippen molar-refractivity contribution in [2.75, 3.05) is 13.1 Å². The number of halogens is 1. The molecule has 1 heterocycles. The molecule has 0 bridgehead atoms. The molecule has 1 aliphatic rings. The highest BCUT2D eigenvalue weighted by Gasteiger charge is 2.28. The van der Waals surface area contributed by atoms with Gasteiger partial charge in [-0.25, -0.2) is 8.42 Å². The van der Waals surface area contributed by atoms with Crippen LogP contribution in [0.5, 0.6) is 0 Å². The molecule has 0 amide bonds. The fourth-order valence-corrected chi connectivity index (χ4v) is 5.50. The third-order valence-electron chi connectivity index (χ3n) is 4.14. The van der Waals surface area contributed by atoms with Crippen molar-refractivity contribution in [3.63, 3.8) is 0 Å². The van der Waals surface area contributed by atoms with Gasteiger partial charge in [0.05, 0.1) is 19.7 Å². The van der Waals surface area contributed by atoms with Crippen molar-refractivity contribution in [2.24, 2.45) is 0 Å². The molecule has 0 saturated carbocycles. The lowest BCUT2D eigenvalue weighted by Crippen LogP contribution is -2.35. The Kier molecular flexibility index (Phi) is 5.86. The van der Waals surface area contributed by atoms with Crippen molar-refractivity contribution in [3.8, 4) is 0 Å². The van der Waals surface area contributed by atoms with Gasteiger partial charge in [0.2, 0.25) is 10.0 Å². The van der Waals surface area contributed by atoms with Gasteiger partial charge >= 0.3 is 0 Å². The topological polar surface area (TPSA) is 80.5 Å². The SMILES string of the molecule is O=[N+]([O-])c1cc(S(=O)(=O)N2CCCCC2)ccc1Sc1ccccc1Cl. The highest BCUT2D eigenvalue weighted by atomic mass is 35.5. The Morgan fingerprint density at radius 3 is 2.38 bits per heavy atom. The number of piperidine rings is 1. The van der Waals surface area contributed by atoms with Crippen molar-refractivity contribution < 1.29 is 13.3 Å². The number of sulfonamides is 1. The maximum Gasteiger partial charge on any atom is 0.284 e. The van der Waals surface area contributed by atoms with Crippen LogP contribution < -0.4 is 0 Å². The zero-order valence-corrected chi connectivity index (χ0v) is 16.2. The summed E-state index contributed by atoms with van der Waals surface area (Å²) in [5, 5.41) is 12.0. The monoisotopic (exact) mass is 412 g/mol. The maximum atomic E-state index is 12.8. The van der Waals surface area contributed by atoms with Gasteiger partial charge in [-0.05, 0) is 37.1 Å². The Morgan fingerprint density at radius 1 is 1.04 bits per heavy atom. The van der Waals surface area contributed by atoms with Gasteiger partial charge in [0.25, 0.3) is 5.69 Å². The fourth-order valence-electron chi connectivity index (χ4n) is 2.79. The molecule has 1 saturated heterocycles. The summed E-state index contributed by atoms with van der Waals surface area (Å²) >= 11 is 7.26. The van der Waals surface area contributed by atoms with E-state index in [0.29, 0.717) is 27.9 Å². The molecular weight excluding hydrogens is 396 g/mol. The smallest absolute Gasteiger partial charge is 0.258 e. The zero-order chi connectivity index (χ0) is 18.7. The van der Waals surface area contributed by atoms with Crippen LogP contribution in [0.15, 0.2) is 57.2 Å². The lowest BCUT2D eigenvalue weighted by atomic mass is 10.2. The van der Waals surface area contributed by atoms with Crippen LogP contribution in [-0.4, -0.2) is 30.7 Å². The molecule has 26 heavy (non-hydrogen) atoms. The van der Waals surface area contributed by atoms with Gasteiger partial charge in [-0.2, -0.15) is 4.31 Å². The Labute approximate surface area is 161 Å². The van der Waals surface area contributed by atoms with Gasteiger partial charge < -0.3 is 0 Å². The van der Waals surface area contributed by atoms with E-state index < -0.39 is 14.9 Å². The van der Waals surface area contributed by atoms with Crippen LogP contribution >= 0.6 is 23.4 Å². The average Bonchev–Trinajstić information content (AvgIpc) is 2.64. The van der Waals surface area contributed by atoms with Crippen LogP contribution in [0.1, 0.15) is 19.3 Å². The third kappa shape index (κ3) is 4.03. The summed E-state index contributed by atoms with van der Waals surface area (Å²) in [5.41, 5.74) is -0.243. The molecule has 0 unspecified atom stereocenters. The normalized spacial score (nSPS) is 15.7. The largest absolute Gasteiger partial charge is 0.284 e. The van der Waals surface area contributed by atoms with Gasteiger partial charge in [-0.1, -0.05) is 41.9 Å². The Bertz CT molecular complexity index is 928. The van der Waals surface area contributed by atoms with Crippen LogP contribution in [0.2, 0.25) is 5.02 Å². The van der Waals surface area contributed by atoms with E-state index in [-0.39, 0.29) is 10.6 Å². The molecule has 2 aromatic carbocycles. The standard InChI is InChI=1S/C17H17ClN2O4S2/c18-14-6-2-3-7-16(14)25-17-9-8-13(12-15(17)20(21)22)26(23,24)19-10-4-1-5-11-19/h2-3,6-9,12H,1,4-5,10-11H2. The highest BCUT2D eigenvalue weighted by molar-refractivity contribution is 7.99. The molecule has 138 valence electrons. The van der Waals surface area contributed by atoms with E-state index in [1.54, 1.807) is 24.3 Å². The summed E-state index contributed by atoms with van der Waals surface area (Å²) < 4.78 is 26.9. The molecule has 0 radical (unpaired) electrons. The minimum Gasteiger partial charge on any atom is -0.258 e. The Hall–Kier alpha value is -1.61. The molecule has 0 aliphatic carbocycles. The molecule has 3 rings (SSSR count). The van der Waals surface area contributed by atoms with Crippen LogP contribution in [0.25, 0.3) is 0 Å². The number of nitro benzene ring substituents is 1.